The smallest absolute Gasteiger partial charge is 0.310 e. The van der Waals surface area contributed by atoms with Crippen molar-refractivity contribution in [2.45, 2.75) is 0 Å². The summed E-state index contributed by atoms with van der Waals surface area (Å²) in [4.78, 5) is 29.1. The Labute approximate surface area is 339 Å². The summed E-state index contributed by atoms with van der Waals surface area (Å²) in [6.45, 7) is 0. The van der Waals surface area contributed by atoms with Crippen LogP contribution in [0.25, 0.3) is 90.9 Å². The molecule has 0 saturated carbocycles. The largest absolute Gasteiger partial charge is 0.393 e. The third kappa shape index (κ3) is 6.42. The van der Waals surface area contributed by atoms with Gasteiger partial charge in [-0.3, -0.25) is 10.1 Å². The minimum atomic E-state index is -0.587. The third-order valence-electron chi connectivity index (χ3n) is 9.66. The fourth-order valence-electron chi connectivity index (χ4n) is 7.31. The average molecular weight is 813 g/mol. The van der Waals surface area contributed by atoms with Crippen molar-refractivity contribution >= 4 is 104 Å². The van der Waals surface area contributed by atoms with Crippen LogP contribution < -0.4 is 5.73 Å². The molecule has 2 aliphatic heterocycles. The van der Waals surface area contributed by atoms with Crippen LogP contribution in [-0.2, 0) is 0 Å². The zero-order valence-corrected chi connectivity index (χ0v) is 32.0. The SMILES string of the molecule is Nc1cc(-c2c3nc(c(-c4cccc(Cl)c4)c4ccc([nH]4)c(-c4cccc(Cl)c4)c4nc(c(-c5cccc(Cl)c5)c5ccc2[nH]5)C=C4)C=C3)cc(Cl)c1[N+](=O)[O-]. The minimum absolute atomic E-state index is 0.0766. The van der Waals surface area contributed by atoms with Gasteiger partial charge in [-0.05, 0) is 119 Å². The molecule has 0 radical (unpaired) electrons. The zero-order chi connectivity index (χ0) is 38.7. The van der Waals surface area contributed by atoms with E-state index in [1.807, 2.05) is 121 Å². The molecule has 0 amide bonds. The lowest BCUT2D eigenvalue weighted by Gasteiger charge is -2.08. The molecular formula is C44H26Cl4N6O2. The van der Waals surface area contributed by atoms with Gasteiger partial charge in [-0.15, -0.1) is 0 Å². The molecule has 0 fully saturated rings. The van der Waals surface area contributed by atoms with E-state index < -0.39 is 4.92 Å². The summed E-state index contributed by atoms with van der Waals surface area (Å²) < 4.78 is 0. The molecule has 4 N–H and O–H groups in total. The lowest BCUT2D eigenvalue weighted by atomic mass is 10.0. The summed E-state index contributed by atoms with van der Waals surface area (Å²) in [5, 5.41) is 13.5. The maximum atomic E-state index is 11.9. The Morgan fingerprint density at radius 2 is 0.857 bits per heavy atom. The fraction of sp³-hybridized carbons (Fsp3) is 0. The highest BCUT2D eigenvalue weighted by atomic mass is 35.5. The molecule has 9 rings (SSSR count). The minimum Gasteiger partial charge on any atom is -0.393 e. The number of nitrogens with two attached hydrogens (primary N) is 1. The molecule has 0 spiro atoms. The van der Waals surface area contributed by atoms with Crippen LogP contribution >= 0.6 is 46.4 Å². The molecular weight excluding hydrogens is 786 g/mol. The molecule has 3 aromatic heterocycles. The van der Waals surface area contributed by atoms with Crippen molar-refractivity contribution in [2.24, 2.45) is 0 Å². The topological polar surface area (TPSA) is 127 Å². The second-order valence-electron chi connectivity index (χ2n) is 13.2. The van der Waals surface area contributed by atoms with Gasteiger partial charge in [0.25, 0.3) is 0 Å². The first-order valence-corrected chi connectivity index (χ1v) is 18.8. The highest BCUT2D eigenvalue weighted by Gasteiger charge is 2.23. The number of fused-ring (bicyclic) bond motifs is 8. The predicted molar refractivity (Wildman–Crippen MR) is 232 cm³/mol. The molecule has 272 valence electrons. The van der Waals surface area contributed by atoms with Crippen LogP contribution in [0.2, 0.25) is 20.1 Å². The van der Waals surface area contributed by atoms with Crippen LogP contribution in [0.3, 0.4) is 0 Å². The van der Waals surface area contributed by atoms with E-state index in [0.717, 1.165) is 55.6 Å². The van der Waals surface area contributed by atoms with E-state index >= 15 is 0 Å². The number of nitrogens with zero attached hydrogens (tertiary/aromatic N) is 3. The van der Waals surface area contributed by atoms with Gasteiger partial charge in [-0.2, -0.15) is 0 Å². The fourth-order valence-corrected chi connectivity index (χ4v) is 8.18. The Kier molecular flexibility index (Phi) is 8.99. The van der Waals surface area contributed by atoms with Gasteiger partial charge in [-0.25, -0.2) is 9.97 Å². The monoisotopic (exact) mass is 810 g/mol. The standard InChI is InChI=1S/C44H26Cl4N6O2/c45-27-7-1-4-23(18-27)40-32-10-12-34(50-32)41(24-5-2-8-28(46)19-24)36-14-16-38(52-36)43(26-21-30(48)44(54(55)56)31(49)22-26)39-17-15-37(53-39)42(35-13-11-33(40)51-35)25-6-3-9-29(47)20-25/h1-22,50,53H,49H2. The summed E-state index contributed by atoms with van der Waals surface area (Å²) in [7, 11) is 0. The number of halogens is 4. The molecule has 4 aromatic carbocycles. The van der Waals surface area contributed by atoms with Gasteiger partial charge in [0.1, 0.15) is 10.7 Å². The van der Waals surface area contributed by atoms with Crippen molar-refractivity contribution < 1.29 is 4.92 Å². The molecule has 2 aliphatic rings. The van der Waals surface area contributed by atoms with Crippen LogP contribution in [0.1, 0.15) is 22.8 Å². The van der Waals surface area contributed by atoms with E-state index in [4.69, 9.17) is 62.1 Å². The summed E-state index contributed by atoms with van der Waals surface area (Å²) in [6.07, 6.45) is 7.80. The number of nitrogen functional groups attached to an aromatic ring is 1. The van der Waals surface area contributed by atoms with Gasteiger partial charge < -0.3 is 15.7 Å². The van der Waals surface area contributed by atoms with Crippen LogP contribution in [0.5, 0.6) is 0 Å². The van der Waals surface area contributed by atoms with Crippen molar-refractivity contribution in [1.29, 1.82) is 0 Å². The predicted octanol–water partition coefficient (Wildman–Crippen LogP) is 13.4. The number of nitro groups is 1. The van der Waals surface area contributed by atoms with Gasteiger partial charge >= 0.3 is 5.69 Å². The van der Waals surface area contributed by atoms with E-state index in [9.17, 15) is 10.1 Å². The Balaban J connectivity index is 1.48. The van der Waals surface area contributed by atoms with E-state index in [2.05, 4.69) is 9.97 Å². The maximum absolute atomic E-state index is 11.9. The van der Waals surface area contributed by atoms with Crippen LogP contribution in [-0.4, -0.2) is 24.9 Å². The third-order valence-corrected chi connectivity index (χ3v) is 10.7. The van der Waals surface area contributed by atoms with Crippen LogP contribution in [0.15, 0.2) is 109 Å². The molecule has 5 heterocycles. The summed E-state index contributed by atoms with van der Waals surface area (Å²) in [5.41, 5.74) is 17.6. The zero-order valence-electron chi connectivity index (χ0n) is 28.9. The van der Waals surface area contributed by atoms with Crippen LogP contribution in [0.4, 0.5) is 11.4 Å². The van der Waals surface area contributed by atoms with Gasteiger partial charge in [-0.1, -0.05) is 82.8 Å². The van der Waals surface area contributed by atoms with Gasteiger partial charge in [0.05, 0.1) is 27.7 Å². The number of aromatic amines is 2. The Bertz CT molecular complexity index is 2970. The van der Waals surface area contributed by atoms with Gasteiger partial charge in [0.2, 0.25) is 0 Å². The second kappa shape index (κ2) is 14.2. The summed E-state index contributed by atoms with van der Waals surface area (Å²) in [5.74, 6) is 0. The summed E-state index contributed by atoms with van der Waals surface area (Å²) in [6, 6.07) is 33.9. The first kappa shape index (κ1) is 35.5. The highest BCUT2D eigenvalue weighted by Crippen LogP contribution is 2.42. The number of rotatable bonds is 5. The average Bonchev–Trinajstić information content (AvgIpc) is 3.99. The molecule has 12 heteroatoms. The molecule has 56 heavy (non-hydrogen) atoms. The number of aromatic nitrogens is 4. The first-order valence-electron chi connectivity index (χ1n) is 17.3. The number of benzene rings is 4. The number of nitrogens with one attached hydrogen (secondary N) is 2. The Morgan fingerprint density at radius 1 is 0.500 bits per heavy atom. The molecule has 7 aromatic rings. The number of hydrogen-bond donors (Lipinski definition) is 3. The van der Waals surface area contributed by atoms with Crippen molar-refractivity contribution in [1.82, 2.24) is 19.9 Å². The van der Waals surface area contributed by atoms with E-state index in [1.54, 1.807) is 6.07 Å². The molecule has 0 atom stereocenters. The maximum Gasteiger partial charge on any atom is 0.310 e. The van der Waals surface area contributed by atoms with Crippen LogP contribution in [0, 0.1) is 10.1 Å². The van der Waals surface area contributed by atoms with Gasteiger partial charge in [0, 0.05) is 59.4 Å². The molecule has 8 bridgehead atoms. The number of nitro benzene ring substituents is 1. The highest BCUT2D eigenvalue weighted by molar-refractivity contribution is 6.34. The second-order valence-corrected chi connectivity index (χ2v) is 14.9. The van der Waals surface area contributed by atoms with E-state index in [-0.39, 0.29) is 16.4 Å². The normalized spacial score (nSPS) is 12.0. The van der Waals surface area contributed by atoms with Crippen molar-refractivity contribution in [3.8, 4) is 44.5 Å². The number of anilines is 1. The van der Waals surface area contributed by atoms with Crippen molar-refractivity contribution in [3.63, 3.8) is 0 Å². The lowest BCUT2D eigenvalue weighted by Crippen LogP contribution is -1.98. The quantitative estimate of drug-likeness (QED) is 0.0906. The number of H-pyrrole nitrogens is 2. The Hall–Kier alpha value is -6.16. The lowest BCUT2D eigenvalue weighted by molar-refractivity contribution is -0.383. The summed E-state index contributed by atoms with van der Waals surface area (Å²) >= 11 is 26.3. The van der Waals surface area contributed by atoms with Crippen molar-refractivity contribution in [2.75, 3.05) is 5.73 Å². The van der Waals surface area contributed by atoms with Gasteiger partial charge in [0.15, 0.2) is 0 Å². The number of hydrogen-bond acceptors (Lipinski definition) is 5. The van der Waals surface area contributed by atoms with E-state index in [0.29, 0.717) is 48.8 Å². The molecule has 0 unspecified atom stereocenters. The van der Waals surface area contributed by atoms with Crippen molar-refractivity contribution in [3.05, 3.63) is 162 Å². The molecule has 0 aliphatic carbocycles. The molecule has 0 saturated heterocycles. The molecule has 8 nitrogen and oxygen atoms in total. The first-order chi connectivity index (χ1) is 27.1. The van der Waals surface area contributed by atoms with E-state index in [1.165, 1.54) is 6.07 Å². The Morgan fingerprint density at radius 3 is 1.18 bits per heavy atom.